The van der Waals surface area contributed by atoms with Gasteiger partial charge in [0.2, 0.25) is 0 Å². The molecule has 0 saturated heterocycles. The van der Waals surface area contributed by atoms with Crippen LogP contribution >= 0.6 is 11.6 Å². The van der Waals surface area contributed by atoms with Crippen molar-refractivity contribution in [2.45, 2.75) is 38.1 Å². The van der Waals surface area contributed by atoms with Crippen LogP contribution in [0.15, 0.2) is 24.3 Å². The minimum absolute atomic E-state index is 0.169. The van der Waals surface area contributed by atoms with E-state index in [2.05, 4.69) is 4.74 Å². The number of carbonyl (C=O) groups is 1. The normalized spacial score (nSPS) is 13.8. The van der Waals surface area contributed by atoms with E-state index >= 15 is 0 Å². The third-order valence-corrected chi connectivity index (χ3v) is 2.43. The summed E-state index contributed by atoms with van der Waals surface area (Å²) in [6.45, 7) is 4.99. The lowest BCUT2D eigenvalue weighted by Gasteiger charge is -2.21. The number of ether oxygens (including phenoxy) is 2. The molecule has 0 N–H and O–H groups in total. The van der Waals surface area contributed by atoms with Gasteiger partial charge in [-0.05, 0) is 38.5 Å². The van der Waals surface area contributed by atoms with E-state index < -0.39 is 29.1 Å². The van der Waals surface area contributed by atoms with E-state index in [-0.39, 0.29) is 5.56 Å². The summed E-state index contributed by atoms with van der Waals surface area (Å²) in [5.74, 6) is -1.17. The molecule has 0 aliphatic heterocycles. The Bertz CT molecular complexity index is 480. The Balaban J connectivity index is 2.86. The molecule has 0 fully saturated rings. The summed E-state index contributed by atoms with van der Waals surface area (Å²) in [6, 6.07) is 4.91. The summed E-state index contributed by atoms with van der Waals surface area (Å²) in [6.07, 6.45) is -4.80. The predicted molar refractivity (Wildman–Crippen MR) is 67.6 cm³/mol. The van der Waals surface area contributed by atoms with Crippen molar-refractivity contribution in [1.29, 1.82) is 0 Å². The summed E-state index contributed by atoms with van der Waals surface area (Å²) in [5.41, 5.74) is -0.563. The fourth-order valence-corrected chi connectivity index (χ4v) is 1.54. The number of hydrogen-bond acceptors (Lipinski definition) is 3. The van der Waals surface area contributed by atoms with Gasteiger partial charge in [0.25, 0.3) is 0 Å². The number of hydrogen-bond donors (Lipinski definition) is 0. The van der Waals surface area contributed by atoms with Crippen LogP contribution in [0.25, 0.3) is 0 Å². The molecule has 0 aliphatic rings. The summed E-state index contributed by atoms with van der Waals surface area (Å²) >= 11 is 5.89. The van der Waals surface area contributed by atoms with Crippen LogP contribution in [-0.2, 0) is 9.53 Å². The minimum atomic E-state index is -4.80. The fraction of sp³-hybridized carbons (Fsp3) is 0.462. The fourth-order valence-electron chi connectivity index (χ4n) is 1.36. The zero-order valence-corrected chi connectivity index (χ0v) is 11.9. The second-order valence-electron chi connectivity index (χ2n) is 5.02. The summed E-state index contributed by atoms with van der Waals surface area (Å²) in [7, 11) is 0. The Kier molecular flexibility index (Phi) is 4.91. The van der Waals surface area contributed by atoms with Crippen molar-refractivity contribution in [2.75, 3.05) is 0 Å². The van der Waals surface area contributed by atoms with Crippen LogP contribution in [0.1, 0.15) is 31.7 Å². The molecule has 7 heteroatoms. The SMILES string of the molecule is CC(C)(C)OC(=O)C(Cl)c1cccc(OC(F)(F)F)c1. The van der Waals surface area contributed by atoms with Crippen LogP contribution in [0.5, 0.6) is 5.75 Å². The summed E-state index contributed by atoms with van der Waals surface area (Å²) in [4.78, 5) is 11.7. The number of esters is 1. The van der Waals surface area contributed by atoms with E-state index in [0.29, 0.717) is 0 Å². The number of benzene rings is 1. The van der Waals surface area contributed by atoms with E-state index in [1.54, 1.807) is 20.8 Å². The molecule has 0 spiro atoms. The maximum Gasteiger partial charge on any atom is 0.573 e. The molecule has 0 bridgehead atoms. The second-order valence-corrected chi connectivity index (χ2v) is 5.45. The lowest BCUT2D eigenvalue weighted by Crippen LogP contribution is -2.26. The van der Waals surface area contributed by atoms with Crippen molar-refractivity contribution >= 4 is 17.6 Å². The monoisotopic (exact) mass is 310 g/mol. The van der Waals surface area contributed by atoms with Crippen molar-refractivity contribution in [1.82, 2.24) is 0 Å². The van der Waals surface area contributed by atoms with Gasteiger partial charge in [-0.15, -0.1) is 24.8 Å². The maximum atomic E-state index is 12.1. The molecular weight excluding hydrogens is 297 g/mol. The lowest BCUT2D eigenvalue weighted by atomic mass is 10.1. The smallest absolute Gasteiger partial charge is 0.459 e. The Morgan fingerprint density at radius 3 is 2.35 bits per heavy atom. The van der Waals surface area contributed by atoms with Crippen LogP contribution < -0.4 is 4.74 Å². The van der Waals surface area contributed by atoms with Crippen molar-refractivity contribution in [2.24, 2.45) is 0 Å². The van der Waals surface area contributed by atoms with E-state index in [4.69, 9.17) is 16.3 Å². The van der Waals surface area contributed by atoms with E-state index in [9.17, 15) is 18.0 Å². The first-order chi connectivity index (χ1) is 8.98. The molecule has 0 aliphatic carbocycles. The van der Waals surface area contributed by atoms with Crippen molar-refractivity contribution < 1.29 is 27.4 Å². The quantitative estimate of drug-likeness (QED) is 0.620. The first-order valence-electron chi connectivity index (χ1n) is 5.70. The van der Waals surface area contributed by atoms with Crippen molar-refractivity contribution in [3.8, 4) is 5.75 Å². The molecule has 1 atom stereocenters. The molecule has 20 heavy (non-hydrogen) atoms. The first kappa shape index (κ1) is 16.6. The highest BCUT2D eigenvalue weighted by Crippen LogP contribution is 2.29. The minimum Gasteiger partial charge on any atom is -0.459 e. The molecule has 112 valence electrons. The van der Waals surface area contributed by atoms with Crippen LogP contribution in [0, 0.1) is 0 Å². The predicted octanol–water partition coefficient (Wildman–Crippen LogP) is 4.21. The molecule has 3 nitrogen and oxygen atoms in total. The molecule has 0 amide bonds. The van der Waals surface area contributed by atoms with Gasteiger partial charge in [-0.3, -0.25) is 4.79 Å². The molecule has 1 rings (SSSR count). The highest BCUT2D eigenvalue weighted by atomic mass is 35.5. The Morgan fingerprint density at radius 1 is 1.25 bits per heavy atom. The third kappa shape index (κ3) is 5.69. The zero-order chi connectivity index (χ0) is 15.6. The second kappa shape index (κ2) is 5.91. The van der Waals surface area contributed by atoms with E-state index in [0.717, 1.165) is 12.1 Å². The average Bonchev–Trinajstić information content (AvgIpc) is 2.23. The zero-order valence-electron chi connectivity index (χ0n) is 11.1. The standard InChI is InChI=1S/C13H14ClF3O3/c1-12(2,3)20-11(18)10(14)8-5-4-6-9(7-8)19-13(15,16)17/h4-7,10H,1-3H3. The molecule has 1 unspecified atom stereocenters. The van der Waals surface area contributed by atoms with E-state index in [1.165, 1.54) is 12.1 Å². The summed E-state index contributed by atoms with van der Waals surface area (Å²) < 4.78 is 45.1. The van der Waals surface area contributed by atoms with Gasteiger partial charge in [-0.25, -0.2) is 0 Å². The summed E-state index contributed by atoms with van der Waals surface area (Å²) in [5, 5.41) is -1.20. The van der Waals surface area contributed by atoms with Gasteiger partial charge in [-0.1, -0.05) is 12.1 Å². The topological polar surface area (TPSA) is 35.5 Å². The van der Waals surface area contributed by atoms with E-state index in [1.807, 2.05) is 0 Å². The number of alkyl halides is 4. The van der Waals surface area contributed by atoms with Gasteiger partial charge in [0.1, 0.15) is 11.4 Å². The van der Waals surface area contributed by atoms with Crippen molar-refractivity contribution in [3.63, 3.8) is 0 Å². The van der Waals surface area contributed by atoms with Gasteiger partial charge in [0.15, 0.2) is 5.38 Å². The number of halogens is 4. The molecule has 1 aromatic rings. The molecule has 0 heterocycles. The molecular formula is C13H14ClF3O3. The van der Waals surface area contributed by atoms with Gasteiger partial charge >= 0.3 is 12.3 Å². The van der Waals surface area contributed by atoms with Gasteiger partial charge in [-0.2, -0.15) is 0 Å². The largest absolute Gasteiger partial charge is 0.573 e. The number of carbonyl (C=O) groups excluding carboxylic acids is 1. The maximum absolute atomic E-state index is 12.1. The van der Waals surface area contributed by atoms with Gasteiger partial charge in [0, 0.05) is 0 Å². The Hall–Kier alpha value is -1.43. The highest BCUT2D eigenvalue weighted by Gasteiger charge is 2.32. The van der Waals surface area contributed by atoms with Crippen LogP contribution in [0.3, 0.4) is 0 Å². The molecule has 0 aromatic heterocycles. The third-order valence-electron chi connectivity index (χ3n) is 2.00. The van der Waals surface area contributed by atoms with Gasteiger partial charge in [0.05, 0.1) is 0 Å². The van der Waals surface area contributed by atoms with Crippen LogP contribution in [-0.4, -0.2) is 17.9 Å². The first-order valence-corrected chi connectivity index (χ1v) is 6.14. The van der Waals surface area contributed by atoms with Crippen molar-refractivity contribution in [3.05, 3.63) is 29.8 Å². The molecule has 1 aromatic carbocycles. The Morgan fingerprint density at radius 2 is 1.85 bits per heavy atom. The van der Waals surface area contributed by atoms with Gasteiger partial charge < -0.3 is 9.47 Å². The Labute approximate surface area is 119 Å². The van der Waals surface area contributed by atoms with Crippen LogP contribution in [0.4, 0.5) is 13.2 Å². The number of rotatable bonds is 3. The highest BCUT2D eigenvalue weighted by molar-refractivity contribution is 6.30. The van der Waals surface area contributed by atoms with Crippen LogP contribution in [0.2, 0.25) is 0 Å². The molecule has 0 radical (unpaired) electrons. The lowest BCUT2D eigenvalue weighted by molar-refractivity contribution is -0.274. The molecule has 0 saturated carbocycles. The average molecular weight is 311 g/mol.